The highest BCUT2D eigenvalue weighted by atomic mass is 15.5. The van der Waals surface area contributed by atoms with Crippen molar-refractivity contribution in [2.45, 2.75) is 76.3 Å². The molecule has 6 rings (SSSR count). The number of hydrogen-bond acceptors (Lipinski definition) is 5. The van der Waals surface area contributed by atoms with Crippen molar-refractivity contribution in [2.24, 2.45) is 11.8 Å². The molecule has 2 aromatic heterocycles. The summed E-state index contributed by atoms with van der Waals surface area (Å²) in [5.74, 6) is 3.75. The van der Waals surface area contributed by atoms with Gasteiger partial charge in [0, 0.05) is 25.2 Å². The Kier molecular flexibility index (Phi) is 5.22. The van der Waals surface area contributed by atoms with Crippen LogP contribution in [0.15, 0.2) is 24.3 Å². The predicted molar refractivity (Wildman–Crippen MR) is 120 cm³/mol. The molecule has 3 aromatic rings. The Morgan fingerprint density at radius 2 is 1.68 bits per heavy atom. The molecule has 7 nitrogen and oxygen atoms in total. The van der Waals surface area contributed by atoms with E-state index in [1.807, 2.05) is 0 Å². The van der Waals surface area contributed by atoms with Gasteiger partial charge in [0.05, 0.1) is 17.5 Å². The molecule has 1 aliphatic heterocycles. The Morgan fingerprint density at radius 3 is 2.42 bits per heavy atom. The maximum atomic E-state index is 4.95. The first kappa shape index (κ1) is 19.4. The minimum Gasteiger partial charge on any atom is -0.324 e. The molecule has 164 valence electrons. The SMILES string of the molecule is c1ccc2c(c1)nc(Cc1nn[nH]n1)n2C1CCN(C2C[C@H]3CCCC[C@@H](C2)C3)CC1. The summed E-state index contributed by atoms with van der Waals surface area (Å²) in [6, 6.07) is 9.84. The number of H-pyrrole nitrogens is 1. The standard InChI is InChI=1S/C24H33N7/c1-2-6-18-13-17(5-1)14-20(15-18)30-11-9-19(10-12-30)31-22-8-4-3-7-21(22)25-24(31)16-23-26-28-29-27-23/h3-4,7-8,17-20H,1-2,5-6,9-16H2,(H,26,27,28,29)/t17-,18+,20?. The molecule has 7 heteroatoms. The summed E-state index contributed by atoms with van der Waals surface area (Å²) in [6.45, 7) is 2.42. The van der Waals surface area contributed by atoms with Crippen molar-refractivity contribution in [3.05, 3.63) is 35.9 Å². The summed E-state index contributed by atoms with van der Waals surface area (Å²) >= 11 is 0. The van der Waals surface area contributed by atoms with E-state index in [1.165, 1.54) is 76.4 Å². The van der Waals surface area contributed by atoms with Crippen LogP contribution in [0.2, 0.25) is 0 Å². The number of piperidine rings is 1. The lowest BCUT2D eigenvalue weighted by atomic mass is 9.77. The second-order valence-corrected chi connectivity index (χ2v) is 10.0. The summed E-state index contributed by atoms with van der Waals surface area (Å²) < 4.78 is 2.48. The number of benzene rings is 1. The zero-order valence-electron chi connectivity index (χ0n) is 18.3. The van der Waals surface area contributed by atoms with Gasteiger partial charge in [0.25, 0.3) is 0 Å². The maximum absolute atomic E-state index is 4.95. The monoisotopic (exact) mass is 419 g/mol. The fraction of sp³-hybridized carbons (Fsp3) is 0.667. The lowest BCUT2D eigenvalue weighted by Crippen LogP contribution is -2.45. The minimum absolute atomic E-state index is 0.497. The van der Waals surface area contributed by atoms with E-state index >= 15 is 0 Å². The molecule has 1 unspecified atom stereocenters. The third-order valence-corrected chi connectivity index (χ3v) is 8.11. The molecule has 3 heterocycles. The van der Waals surface area contributed by atoms with E-state index in [1.54, 1.807) is 0 Å². The zero-order valence-corrected chi connectivity index (χ0v) is 18.3. The van der Waals surface area contributed by atoms with Gasteiger partial charge < -0.3 is 9.47 Å². The van der Waals surface area contributed by atoms with Crippen LogP contribution >= 0.6 is 0 Å². The summed E-state index contributed by atoms with van der Waals surface area (Å²) in [4.78, 5) is 7.78. The molecule has 0 spiro atoms. The highest BCUT2D eigenvalue weighted by Gasteiger charge is 2.35. The average molecular weight is 420 g/mol. The van der Waals surface area contributed by atoms with Crippen LogP contribution in [-0.4, -0.2) is 54.2 Å². The third-order valence-electron chi connectivity index (χ3n) is 8.11. The van der Waals surface area contributed by atoms with E-state index in [2.05, 4.69) is 54.4 Å². The number of nitrogens with zero attached hydrogens (tertiary/aromatic N) is 6. The van der Waals surface area contributed by atoms with Crippen molar-refractivity contribution in [1.29, 1.82) is 0 Å². The lowest BCUT2D eigenvalue weighted by Gasteiger charge is -2.43. The van der Waals surface area contributed by atoms with Crippen molar-refractivity contribution in [1.82, 2.24) is 35.1 Å². The highest BCUT2D eigenvalue weighted by Crippen LogP contribution is 2.41. The van der Waals surface area contributed by atoms with Crippen LogP contribution in [0.1, 0.15) is 75.5 Å². The largest absolute Gasteiger partial charge is 0.324 e. The molecule has 1 aromatic carbocycles. The van der Waals surface area contributed by atoms with Crippen LogP contribution in [0.3, 0.4) is 0 Å². The fourth-order valence-corrected chi connectivity index (χ4v) is 6.70. The van der Waals surface area contributed by atoms with Gasteiger partial charge in [-0.2, -0.15) is 5.21 Å². The number of tetrazole rings is 1. The molecule has 3 aliphatic rings. The maximum Gasteiger partial charge on any atom is 0.182 e. The van der Waals surface area contributed by atoms with Gasteiger partial charge in [0.1, 0.15) is 5.82 Å². The van der Waals surface area contributed by atoms with E-state index in [0.29, 0.717) is 18.3 Å². The topological polar surface area (TPSA) is 75.5 Å². The van der Waals surface area contributed by atoms with Crippen molar-refractivity contribution in [2.75, 3.05) is 13.1 Å². The highest BCUT2D eigenvalue weighted by molar-refractivity contribution is 5.76. The van der Waals surface area contributed by atoms with E-state index < -0.39 is 0 Å². The first-order valence-corrected chi connectivity index (χ1v) is 12.3. The Labute approximate surface area is 183 Å². The number of fused-ring (bicyclic) bond motifs is 3. The van der Waals surface area contributed by atoms with Crippen LogP contribution in [0.25, 0.3) is 11.0 Å². The molecule has 3 fully saturated rings. The Balaban J connectivity index is 1.20. The number of nitrogens with one attached hydrogen (secondary N) is 1. The van der Waals surface area contributed by atoms with Crippen LogP contribution < -0.4 is 0 Å². The van der Waals surface area contributed by atoms with Gasteiger partial charge >= 0.3 is 0 Å². The molecule has 3 atom stereocenters. The number of likely N-dealkylation sites (tertiary alicyclic amines) is 1. The number of imidazole rings is 1. The minimum atomic E-state index is 0.497. The molecule has 1 N–H and O–H groups in total. The van der Waals surface area contributed by atoms with Gasteiger partial charge in [-0.05, 0) is 56.1 Å². The van der Waals surface area contributed by atoms with Gasteiger partial charge in [0.2, 0.25) is 0 Å². The first-order valence-electron chi connectivity index (χ1n) is 12.3. The van der Waals surface area contributed by atoms with E-state index in [0.717, 1.165) is 29.2 Å². The van der Waals surface area contributed by atoms with Crippen molar-refractivity contribution >= 4 is 11.0 Å². The quantitative estimate of drug-likeness (QED) is 0.688. The molecular weight excluding hydrogens is 386 g/mol. The normalized spacial score (nSPS) is 28.1. The molecule has 2 saturated carbocycles. The van der Waals surface area contributed by atoms with Crippen molar-refractivity contribution < 1.29 is 0 Å². The average Bonchev–Trinajstić information content (AvgIpc) is 3.40. The van der Waals surface area contributed by atoms with Crippen molar-refractivity contribution in [3.8, 4) is 0 Å². The smallest absolute Gasteiger partial charge is 0.182 e. The van der Waals surface area contributed by atoms with Gasteiger partial charge in [-0.1, -0.05) is 43.0 Å². The van der Waals surface area contributed by atoms with Gasteiger partial charge in [-0.25, -0.2) is 4.98 Å². The van der Waals surface area contributed by atoms with Crippen LogP contribution in [-0.2, 0) is 6.42 Å². The number of para-hydroxylation sites is 2. The molecule has 2 bridgehead atoms. The lowest BCUT2D eigenvalue weighted by molar-refractivity contribution is 0.0713. The molecule has 1 saturated heterocycles. The summed E-state index contributed by atoms with van der Waals surface area (Å²) in [7, 11) is 0. The van der Waals surface area contributed by atoms with Crippen LogP contribution in [0.4, 0.5) is 0 Å². The Morgan fingerprint density at radius 1 is 0.903 bits per heavy atom. The number of hydrogen-bond donors (Lipinski definition) is 1. The molecule has 2 aliphatic carbocycles. The molecule has 31 heavy (non-hydrogen) atoms. The molecule has 0 radical (unpaired) electrons. The van der Waals surface area contributed by atoms with E-state index in [4.69, 9.17) is 4.98 Å². The number of aromatic amines is 1. The van der Waals surface area contributed by atoms with Crippen molar-refractivity contribution in [3.63, 3.8) is 0 Å². The Bertz CT molecular complexity index is 988. The zero-order chi connectivity index (χ0) is 20.6. The van der Waals surface area contributed by atoms with Gasteiger partial charge in [-0.15, -0.1) is 10.2 Å². The first-order chi connectivity index (χ1) is 15.3. The molecule has 0 amide bonds. The summed E-state index contributed by atoms with van der Waals surface area (Å²) in [6.07, 6.45) is 13.3. The van der Waals surface area contributed by atoms with E-state index in [9.17, 15) is 0 Å². The second kappa shape index (κ2) is 8.34. The number of aromatic nitrogens is 6. The predicted octanol–water partition coefficient (Wildman–Crippen LogP) is 4.14. The Hall–Kier alpha value is -2.28. The van der Waals surface area contributed by atoms with E-state index in [-0.39, 0.29) is 0 Å². The third kappa shape index (κ3) is 3.88. The van der Waals surface area contributed by atoms with Crippen LogP contribution in [0.5, 0.6) is 0 Å². The van der Waals surface area contributed by atoms with Gasteiger partial charge in [-0.3, -0.25) is 0 Å². The summed E-state index contributed by atoms with van der Waals surface area (Å²) in [5.41, 5.74) is 2.31. The fourth-order valence-electron chi connectivity index (χ4n) is 6.70. The van der Waals surface area contributed by atoms with Crippen LogP contribution in [0, 0.1) is 11.8 Å². The van der Waals surface area contributed by atoms with Gasteiger partial charge in [0.15, 0.2) is 5.82 Å². The number of rotatable bonds is 4. The molecular formula is C24H33N7. The summed E-state index contributed by atoms with van der Waals surface area (Å²) in [5, 5.41) is 14.6. The second-order valence-electron chi connectivity index (χ2n) is 10.0.